The molecule has 0 atom stereocenters. The van der Waals surface area contributed by atoms with Gasteiger partial charge >= 0.3 is 0 Å². The number of halogens is 1. The van der Waals surface area contributed by atoms with E-state index in [2.05, 4.69) is 20.9 Å². The summed E-state index contributed by atoms with van der Waals surface area (Å²) in [6.45, 7) is 0.338. The van der Waals surface area contributed by atoms with Gasteiger partial charge in [0.1, 0.15) is 10.3 Å². The molecule has 2 heterocycles. The summed E-state index contributed by atoms with van der Waals surface area (Å²) >= 11 is 3.33. The van der Waals surface area contributed by atoms with E-state index in [9.17, 15) is 4.79 Å². The third-order valence-corrected chi connectivity index (χ3v) is 2.63. The minimum atomic E-state index is 0.338. The van der Waals surface area contributed by atoms with Gasteiger partial charge in [0.2, 0.25) is 12.2 Å². The smallest absolute Gasteiger partial charge is 0.231 e. The summed E-state index contributed by atoms with van der Waals surface area (Å²) in [7, 11) is 0. The van der Waals surface area contributed by atoms with Crippen LogP contribution in [0, 0.1) is 0 Å². The van der Waals surface area contributed by atoms with Crippen LogP contribution in [0.15, 0.2) is 47.2 Å². The Kier molecular flexibility index (Phi) is 3.41. The molecular formula is C12H10BrN2O+. The van der Waals surface area contributed by atoms with Crippen LogP contribution in [0.25, 0.3) is 11.4 Å². The molecule has 80 valence electrons. The van der Waals surface area contributed by atoms with Crippen molar-refractivity contribution in [2.45, 2.75) is 6.54 Å². The third kappa shape index (κ3) is 2.33. The first-order chi connectivity index (χ1) is 7.81. The van der Waals surface area contributed by atoms with E-state index in [4.69, 9.17) is 0 Å². The van der Waals surface area contributed by atoms with Crippen LogP contribution in [-0.4, -0.2) is 11.3 Å². The normalized spacial score (nSPS) is 10.1. The molecule has 0 aromatic carbocycles. The largest absolute Gasteiger partial charge is 0.296 e. The lowest BCUT2D eigenvalue weighted by Crippen LogP contribution is -2.36. The molecule has 0 bridgehead atoms. The van der Waals surface area contributed by atoms with Crippen molar-refractivity contribution in [2.75, 3.05) is 0 Å². The lowest BCUT2D eigenvalue weighted by atomic mass is 10.2. The molecule has 0 aliphatic rings. The van der Waals surface area contributed by atoms with Crippen molar-refractivity contribution in [2.24, 2.45) is 0 Å². The quantitative estimate of drug-likeness (QED) is 0.489. The first-order valence-corrected chi connectivity index (χ1v) is 5.65. The molecule has 3 nitrogen and oxygen atoms in total. The number of aldehydes is 1. The number of carbonyl (C=O) groups is 1. The van der Waals surface area contributed by atoms with Crippen molar-refractivity contribution in [1.82, 2.24) is 4.98 Å². The van der Waals surface area contributed by atoms with Crippen LogP contribution in [0.4, 0.5) is 0 Å². The maximum absolute atomic E-state index is 10.6. The number of pyridine rings is 2. The van der Waals surface area contributed by atoms with Crippen molar-refractivity contribution in [1.29, 1.82) is 0 Å². The Morgan fingerprint density at radius 1 is 1.25 bits per heavy atom. The standard InChI is InChI=1S/C12H10BrN2O/c13-12-6-3-4-10(14-12)11-5-1-2-7-15(11)8-9-16/h1-7,9H,8H2/q+1. The van der Waals surface area contributed by atoms with Crippen LogP contribution >= 0.6 is 15.9 Å². The highest BCUT2D eigenvalue weighted by molar-refractivity contribution is 9.10. The molecule has 0 N–H and O–H groups in total. The van der Waals surface area contributed by atoms with E-state index in [1.54, 1.807) is 0 Å². The van der Waals surface area contributed by atoms with E-state index in [1.807, 2.05) is 47.2 Å². The molecule has 0 saturated carbocycles. The highest BCUT2D eigenvalue weighted by atomic mass is 79.9. The minimum absolute atomic E-state index is 0.338. The van der Waals surface area contributed by atoms with Gasteiger partial charge in [-0.2, -0.15) is 4.57 Å². The fourth-order valence-electron chi connectivity index (χ4n) is 1.50. The molecule has 2 aromatic heterocycles. The first kappa shape index (κ1) is 11.0. The molecule has 2 rings (SSSR count). The van der Waals surface area contributed by atoms with Gasteiger partial charge in [-0.25, -0.2) is 4.98 Å². The maximum atomic E-state index is 10.6. The van der Waals surface area contributed by atoms with Crippen molar-refractivity contribution >= 4 is 22.2 Å². The van der Waals surface area contributed by atoms with Crippen molar-refractivity contribution in [3.8, 4) is 11.4 Å². The van der Waals surface area contributed by atoms with Gasteiger partial charge in [-0.05, 0) is 34.1 Å². The predicted molar refractivity (Wildman–Crippen MR) is 63.6 cm³/mol. The molecule has 0 radical (unpaired) electrons. The van der Waals surface area contributed by atoms with E-state index in [0.717, 1.165) is 22.3 Å². The minimum Gasteiger partial charge on any atom is -0.296 e. The number of carbonyl (C=O) groups excluding carboxylic acids is 1. The third-order valence-electron chi connectivity index (χ3n) is 2.19. The van der Waals surface area contributed by atoms with Crippen molar-refractivity contribution in [3.05, 3.63) is 47.2 Å². The molecule has 0 saturated heterocycles. The molecule has 16 heavy (non-hydrogen) atoms. The van der Waals surface area contributed by atoms with Crippen LogP contribution in [0.1, 0.15) is 0 Å². The average molecular weight is 278 g/mol. The summed E-state index contributed by atoms with van der Waals surface area (Å²) in [6.07, 6.45) is 2.74. The molecule has 4 heteroatoms. The zero-order chi connectivity index (χ0) is 11.4. The summed E-state index contributed by atoms with van der Waals surface area (Å²) in [5.41, 5.74) is 1.77. The van der Waals surface area contributed by atoms with Crippen LogP contribution < -0.4 is 4.57 Å². The summed E-state index contributed by atoms with van der Waals surface area (Å²) in [5.74, 6) is 0. The number of hydrogen-bond acceptors (Lipinski definition) is 2. The topological polar surface area (TPSA) is 33.8 Å². The molecule has 0 aliphatic carbocycles. The fraction of sp³-hybridized carbons (Fsp3) is 0.0833. The predicted octanol–water partition coefficient (Wildman–Crippen LogP) is 2.00. The fourth-order valence-corrected chi connectivity index (χ4v) is 1.84. The zero-order valence-electron chi connectivity index (χ0n) is 8.51. The Morgan fingerprint density at radius 3 is 2.88 bits per heavy atom. The van der Waals surface area contributed by atoms with E-state index >= 15 is 0 Å². The van der Waals surface area contributed by atoms with Gasteiger partial charge in [0.25, 0.3) is 0 Å². The molecule has 2 aromatic rings. The number of nitrogens with zero attached hydrogens (tertiary/aromatic N) is 2. The highest BCUT2D eigenvalue weighted by Gasteiger charge is 2.12. The lowest BCUT2D eigenvalue weighted by Gasteiger charge is -2.00. The summed E-state index contributed by atoms with van der Waals surface area (Å²) < 4.78 is 2.65. The SMILES string of the molecule is O=CC[n+]1ccccc1-c1cccc(Br)n1. The van der Waals surface area contributed by atoms with E-state index in [1.165, 1.54) is 0 Å². The van der Waals surface area contributed by atoms with Crippen LogP contribution in [0.3, 0.4) is 0 Å². The average Bonchev–Trinajstić information content (AvgIpc) is 2.30. The van der Waals surface area contributed by atoms with Gasteiger partial charge in [0.15, 0.2) is 12.5 Å². The van der Waals surface area contributed by atoms with E-state index < -0.39 is 0 Å². The number of rotatable bonds is 3. The molecule has 0 aliphatic heterocycles. The van der Waals surface area contributed by atoms with Crippen LogP contribution in [0.5, 0.6) is 0 Å². The van der Waals surface area contributed by atoms with E-state index in [-0.39, 0.29) is 0 Å². The molecule has 0 unspecified atom stereocenters. The highest BCUT2D eigenvalue weighted by Crippen LogP contribution is 2.15. The molecule has 0 amide bonds. The van der Waals surface area contributed by atoms with E-state index in [0.29, 0.717) is 6.54 Å². The Balaban J connectivity index is 2.50. The second kappa shape index (κ2) is 4.99. The van der Waals surface area contributed by atoms with Crippen LogP contribution in [-0.2, 0) is 11.3 Å². The van der Waals surface area contributed by atoms with Gasteiger partial charge in [0, 0.05) is 12.1 Å². The molecule has 0 fully saturated rings. The summed E-state index contributed by atoms with van der Waals surface area (Å²) in [4.78, 5) is 14.9. The zero-order valence-corrected chi connectivity index (χ0v) is 10.1. The van der Waals surface area contributed by atoms with Gasteiger partial charge in [0.05, 0.1) is 0 Å². The van der Waals surface area contributed by atoms with Crippen molar-refractivity contribution in [3.63, 3.8) is 0 Å². The molecule has 0 spiro atoms. The van der Waals surface area contributed by atoms with Gasteiger partial charge in [-0.15, -0.1) is 0 Å². The summed E-state index contributed by atoms with van der Waals surface area (Å²) in [6, 6.07) is 11.5. The Bertz CT molecular complexity index is 514. The van der Waals surface area contributed by atoms with Crippen LogP contribution in [0.2, 0.25) is 0 Å². The van der Waals surface area contributed by atoms with Gasteiger partial charge in [-0.1, -0.05) is 6.07 Å². The Morgan fingerprint density at radius 2 is 2.12 bits per heavy atom. The monoisotopic (exact) mass is 277 g/mol. The first-order valence-electron chi connectivity index (χ1n) is 4.86. The summed E-state index contributed by atoms with van der Waals surface area (Å²) in [5, 5.41) is 0. The lowest BCUT2D eigenvalue weighted by molar-refractivity contribution is -0.672. The Hall–Kier alpha value is -1.55. The number of aromatic nitrogens is 2. The van der Waals surface area contributed by atoms with Gasteiger partial charge < -0.3 is 0 Å². The van der Waals surface area contributed by atoms with Gasteiger partial charge in [-0.3, -0.25) is 4.79 Å². The van der Waals surface area contributed by atoms with Crippen molar-refractivity contribution < 1.29 is 9.36 Å². The second-order valence-electron chi connectivity index (χ2n) is 3.25. The maximum Gasteiger partial charge on any atom is 0.231 e. The Labute approximate surface area is 102 Å². The number of hydrogen-bond donors (Lipinski definition) is 0. The second-order valence-corrected chi connectivity index (χ2v) is 4.06. The molecular weight excluding hydrogens is 268 g/mol.